The van der Waals surface area contributed by atoms with Gasteiger partial charge in [-0.2, -0.15) is 0 Å². The molecule has 1 atom stereocenters. The molecule has 0 radical (unpaired) electrons. The molecule has 1 fully saturated rings. The highest BCUT2D eigenvalue weighted by atomic mass is 16.5. The van der Waals surface area contributed by atoms with Crippen molar-refractivity contribution in [1.29, 1.82) is 0 Å². The van der Waals surface area contributed by atoms with Crippen molar-refractivity contribution < 1.29 is 14.3 Å². The van der Waals surface area contributed by atoms with Crippen LogP contribution in [0.5, 0.6) is 5.75 Å². The van der Waals surface area contributed by atoms with Crippen LogP contribution in [-0.2, 0) is 4.74 Å². The van der Waals surface area contributed by atoms with Crippen LogP contribution in [0.4, 0.5) is 5.69 Å². The van der Waals surface area contributed by atoms with E-state index in [-0.39, 0.29) is 12.0 Å². The molecule has 2 aromatic rings. The number of guanidine groups is 1. The third-order valence-electron chi connectivity index (χ3n) is 4.38. The largest absolute Gasteiger partial charge is 0.497 e. The molecule has 1 saturated heterocycles. The Morgan fingerprint density at radius 2 is 1.93 bits per heavy atom. The zero-order valence-electron chi connectivity index (χ0n) is 15.7. The van der Waals surface area contributed by atoms with Crippen LogP contribution in [0.1, 0.15) is 28.8 Å². The first kappa shape index (κ1) is 18.9. The maximum absolute atomic E-state index is 12.6. The van der Waals surface area contributed by atoms with Crippen molar-refractivity contribution in [3.05, 3.63) is 59.7 Å². The lowest BCUT2D eigenvalue weighted by Crippen LogP contribution is -2.36. The van der Waals surface area contributed by atoms with Crippen LogP contribution in [0.25, 0.3) is 0 Å². The number of rotatable bonds is 5. The normalized spacial score (nSPS) is 16.8. The lowest BCUT2D eigenvalue weighted by molar-refractivity contribution is 0.0975. The minimum absolute atomic E-state index is 0.106. The number of carbonyl (C=O) groups is 1. The summed E-state index contributed by atoms with van der Waals surface area (Å²) in [4.78, 5) is 17.1. The zero-order chi connectivity index (χ0) is 19.1. The quantitative estimate of drug-likeness (QED) is 0.628. The average Bonchev–Trinajstić information content (AvgIpc) is 3.21. The summed E-state index contributed by atoms with van der Waals surface area (Å²) < 4.78 is 10.8. The molecule has 2 aromatic carbocycles. The van der Waals surface area contributed by atoms with Crippen LogP contribution < -0.4 is 15.4 Å². The first-order valence-corrected chi connectivity index (χ1v) is 9.09. The average molecular weight is 367 g/mol. The topological polar surface area (TPSA) is 71.9 Å². The van der Waals surface area contributed by atoms with E-state index >= 15 is 0 Å². The first-order valence-electron chi connectivity index (χ1n) is 9.09. The maximum Gasteiger partial charge on any atom is 0.257 e. The van der Waals surface area contributed by atoms with Gasteiger partial charge in [0.15, 0.2) is 0 Å². The predicted molar refractivity (Wildman–Crippen MR) is 107 cm³/mol. The molecule has 1 aliphatic rings. The van der Waals surface area contributed by atoms with Crippen molar-refractivity contribution in [2.45, 2.75) is 25.9 Å². The van der Waals surface area contributed by atoms with E-state index in [4.69, 9.17) is 9.47 Å². The fraction of sp³-hybridized carbons (Fsp3) is 0.333. The van der Waals surface area contributed by atoms with Crippen LogP contribution in [0.15, 0.2) is 53.5 Å². The van der Waals surface area contributed by atoms with Gasteiger partial charge in [0.2, 0.25) is 5.96 Å². The number of aliphatic imine (C=N–C) groups is 1. The number of aryl methyl sites for hydroxylation is 1. The first-order chi connectivity index (χ1) is 13.1. The van der Waals surface area contributed by atoms with E-state index in [2.05, 4.69) is 15.6 Å². The Hall–Kier alpha value is -2.86. The third-order valence-corrected chi connectivity index (χ3v) is 4.38. The molecule has 0 bridgehead atoms. The smallest absolute Gasteiger partial charge is 0.257 e. The molecule has 6 heteroatoms. The standard InChI is InChI=1S/C21H25N3O3/c1-15-5-7-16(8-6-15)20(25)24-21(22-14-19-4-3-13-27-19)23-17-9-11-18(26-2)12-10-17/h5-12,19H,3-4,13-14H2,1-2H3,(H2,22,23,24,25)/t19-/m1/s1. The molecule has 1 aliphatic heterocycles. The van der Waals surface area contributed by atoms with Crippen LogP contribution in [-0.4, -0.2) is 38.2 Å². The highest BCUT2D eigenvalue weighted by molar-refractivity contribution is 6.09. The third kappa shape index (κ3) is 5.56. The number of hydrogen-bond acceptors (Lipinski definition) is 4. The van der Waals surface area contributed by atoms with Crippen molar-refractivity contribution >= 4 is 17.6 Å². The van der Waals surface area contributed by atoms with Gasteiger partial charge in [0.05, 0.1) is 19.8 Å². The molecule has 0 aromatic heterocycles. The lowest BCUT2D eigenvalue weighted by Gasteiger charge is -2.14. The highest BCUT2D eigenvalue weighted by Gasteiger charge is 2.16. The van der Waals surface area contributed by atoms with Gasteiger partial charge in [-0.1, -0.05) is 17.7 Å². The fourth-order valence-corrected chi connectivity index (χ4v) is 2.79. The minimum Gasteiger partial charge on any atom is -0.497 e. The summed E-state index contributed by atoms with van der Waals surface area (Å²) in [6.07, 6.45) is 2.15. The van der Waals surface area contributed by atoms with Crippen LogP contribution in [0.3, 0.4) is 0 Å². The summed E-state index contributed by atoms with van der Waals surface area (Å²) in [6, 6.07) is 14.9. The predicted octanol–water partition coefficient (Wildman–Crippen LogP) is 3.38. The van der Waals surface area contributed by atoms with E-state index in [9.17, 15) is 4.79 Å². The molecule has 0 saturated carbocycles. The van der Waals surface area contributed by atoms with Gasteiger partial charge in [-0.3, -0.25) is 10.1 Å². The summed E-state index contributed by atoms with van der Waals surface area (Å²) in [5.74, 6) is 0.963. The Bertz CT molecular complexity index is 779. The molecule has 0 aliphatic carbocycles. The van der Waals surface area contributed by atoms with Crippen molar-refractivity contribution in [3.63, 3.8) is 0 Å². The second-order valence-corrected chi connectivity index (χ2v) is 6.50. The number of methoxy groups -OCH3 is 1. The van der Waals surface area contributed by atoms with Crippen molar-refractivity contribution in [1.82, 2.24) is 5.32 Å². The van der Waals surface area contributed by atoms with Gasteiger partial charge < -0.3 is 14.8 Å². The molecule has 0 spiro atoms. The Balaban J connectivity index is 1.72. The van der Waals surface area contributed by atoms with Crippen molar-refractivity contribution in [3.8, 4) is 5.75 Å². The number of hydrogen-bond donors (Lipinski definition) is 2. The minimum atomic E-state index is -0.206. The number of nitrogens with one attached hydrogen (secondary N) is 2. The van der Waals surface area contributed by atoms with Gasteiger partial charge in [-0.05, 0) is 56.2 Å². The number of nitrogens with zero attached hydrogens (tertiary/aromatic N) is 1. The van der Waals surface area contributed by atoms with E-state index in [1.165, 1.54) is 0 Å². The van der Waals surface area contributed by atoms with Gasteiger partial charge in [0.1, 0.15) is 5.75 Å². The van der Waals surface area contributed by atoms with Crippen LogP contribution in [0.2, 0.25) is 0 Å². The molecule has 3 rings (SSSR count). The highest BCUT2D eigenvalue weighted by Crippen LogP contribution is 2.16. The van der Waals surface area contributed by atoms with E-state index in [0.29, 0.717) is 18.1 Å². The van der Waals surface area contributed by atoms with Gasteiger partial charge in [0, 0.05) is 17.9 Å². The SMILES string of the molecule is COc1ccc(NC(=NC[C@H]2CCCO2)NC(=O)c2ccc(C)cc2)cc1. The molecule has 142 valence electrons. The molecular weight excluding hydrogens is 342 g/mol. The molecule has 6 nitrogen and oxygen atoms in total. The number of carbonyl (C=O) groups excluding carboxylic acids is 1. The summed E-state index contributed by atoms with van der Waals surface area (Å²) in [5, 5.41) is 6.04. The molecule has 1 amide bonds. The van der Waals surface area contributed by atoms with Gasteiger partial charge in [-0.15, -0.1) is 0 Å². The van der Waals surface area contributed by atoms with E-state index in [0.717, 1.165) is 36.4 Å². The number of benzene rings is 2. The summed E-state index contributed by atoms with van der Waals surface area (Å²) in [5.41, 5.74) is 2.50. The Morgan fingerprint density at radius 3 is 2.56 bits per heavy atom. The zero-order valence-corrected chi connectivity index (χ0v) is 15.7. The summed E-state index contributed by atoms with van der Waals surface area (Å²) in [7, 11) is 1.62. The molecule has 27 heavy (non-hydrogen) atoms. The van der Waals surface area contributed by atoms with Crippen molar-refractivity contribution in [2.24, 2.45) is 4.99 Å². The number of ether oxygens (including phenoxy) is 2. The number of anilines is 1. The van der Waals surface area contributed by atoms with Crippen LogP contribution in [0, 0.1) is 6.92 Å². The molecule has 1 heterocycles. The van der Waals surface area contributed by atoms with Crippen molar-refractivity contribution in [2.75, 3.05) is 25.6 Å². The van der Waals surface area contributed by atoms with E-state index < -0.39 is 0 Å². The number of amides is 1. The fourth-order valence-electron chi connectivity index (χ4n) is 2.79. The molecular formula is C21H25N3O3. The second kappa shape index (κ2) is 9.19. The Labute approximate surface area is 159 Å². The van der Waals surface area contributed by atoms with Gasteiger partial charge in [0.25, 0.3) is 5.91 Å². The summed E-state index contributed by atoms with van der Waals surface area (Å²) >= 11 is 0. The maximum atomic E-state index is 12.6. The molecule has 2 N–H and O–H groups in total. The van der Waals surface area contributed by atoms with Gasteiger partial charge >= 0.3 is 0 Å². The van der Waals surface area contributed by atoms with Crippen LogP contribution >= 0.6 is 0 Å². The van der Waals surface area contributed by atoms with E-state index in [1.54, 1.807) is 19.2 Å². The van der Waals surface area contributed by atoms with E-state index in [1.807, 2.05) is 43.3 Å². The molecule has 0 unspecified atom stereocenters. The monoisotopic (exact) mass is 367 g/mol. The second-order valence-electron chi connectivity index (χ2n) is 6.50. The Kier molecular flexibility index (Phi) is 6.44. The summed E-state index contributed by atoms with van der Waals surface area (Å²) in [6.45, 7) is 3.27. The Morgan fingerprint density at radius 1 is 1.19 bits per heavy atom. The lowest BCUT2D eigenvalue weighted by atomic mass is 10.1. The van der Waals surface area contributed by atoms with Gasteiger partial charge in [-0.25, -0.2) is 4.99 Å².